The van der Waals surface area contributed by atoms with Crippen LogP contribution in [0.3, 0.4) is 0 Å². The highest BCUT2D eigenvalue weighted by atomic mass is 14.8. The van der Waals surface area contributed by atoms with E-state index in [9.17, 15) is 0 Å². The van der Waals surface area contributed by atoms with Crippen LogP contribution in [0.5, 0.6) is 0 Å². The van der Waals surface area contributed by atoms with Crippen LogP contribution in [0.1, 0.15) is 5.56 Å². The zero-order chi connectivity index (χ0) is 9.26. The maximum atomic E-state index is 4.29. The quantitative estimate of drug-likeness (QED) is 0.715. The monoisotopic (exact) mass is 172 g/mol. The van der Waals surface area contributed by atoms with Crippen LogP contribution < -0.4 is 5.32 Å². The molecule has 0 aliphatic rings. The van der Waals surface area contributed by atoms with Crippen molar-refractivity contribution in [2.45, 2.75) is 6.92 Å². The molecule has 13 heavy (non-hydrogen) atoms. The molecule has 0 radical (unpaired) electrons. The van der Waals surface area contributed by atoms with E-state index in [2.05, 4.69) is 35.4 Å². The molecule has 0 saturated heterocycles. The minimum Gasteiger partial charge on any atom is -0.388 e. The van der Waals surface area contributed by atoms with Crippen LogP contribution in [0, 0.1) is 6.92 Å². The largest absolute Gasteiger partial charge is 0.388 e. The first kappa shape index (κ1) is 8.05. The summed E-state index contributed by atoms with van der Waals surface area (Å²) in [6.45, 7) is 2.08. The molecule has 0 saturated carbocycles. The lowest BCUT2D eigenvalue weighted by molar-refractivity contribution is 1.37. The Hall–Kier alpha value is -1.57. The van der Waals surface area contributed by atoms with E-state index in [0.29, 0.717) is 0 Å². The molecule has 0 aliphatic heterocycles. The summed E-state index contributed by atoms with van der Waals surface area (Å²) in [6, 6.07) is 8.25. The van der Waals surface area contributed by atoms with E-state index < -0.39 is 0 Å². The second-order valence-electron chi connectivity index (χ2n) is 3.11. The zero-order valence-electron chi connectivity index (χ0n) is 7.83. The van der Waals surface area contributed by atoms with Crippen molar-refractivity contribution in [3.05, 3.63) is 36.0 Å². The van der Waals surface area contributed by atoms with Crippen LogP contribution in [0.25, 0.3) is 10.9 Å². The molecule has 2 rings (SSSR count). The molecule has 0 atom stereocenters. The molecular weight excluding hydrogens is 160 g/mol. The minimum atomic E-state index is 1.05. The van der Waals surface area contributed by atoms with Gasteiger partial charge in [-0.05, 0) is 30.7 Å². The highest BCUT2D eigenvalue weighted by Crippen LogP contribution is 2.21. The number of aromatic nitrogens is 1. The van der Waals surface area contributed by atoms with Gasteiger partial charge in [0, 0.05) is 24.3 Å². The molecule has 1 aromatic heterocycles. The van der Waals surface area contributed by atoms with Crippen molar-refractivity contribution in [2.24, 2.45) is 0 Å². The molecule has 0 fully saturated rings. The van der Waals surface area contributed by atoms with Crippen molar-refractivity contribution in [2.75, 3.05) is 12.4 Å². The maximum absolute atomic E-state index is 4.29. The third-order valence-electron chi connectivity index (χ3n) is 2.22. The van der Waals surface area contributed by atoms with Crippen LogP contribution in [0.15, 0.2) is 30.5 Å². The number of pyridine rings is 1. The van der Waals surface area contributed by atoms with Gasteiger partial charge >= 0.3 is 0 Å². The molecule has 0 unspecified atom stereocenters. The fraction of sp³-hybridized carbons (Fsp3) is 0.182. The summed E-state index contributed by atoms with van der Waals surface area (Å²) >= 11 is 0. The molecule has 1 heterocycles. The van der Waals surface area contributed by atoms with Crippen LogP contribution in [-0.2, 0) is 0 Å². The van der Waals surface area contributed by atoms with E-state index in [1.54, 1.807) is 0 Å². The molecular formula is C11H12N2. The van der Waals surface area contributed by atoms with Crippen LogP contribution in [0.4, 0.5) is 5.69 Å². The lowest BCUT2D eigenvalue weighted by Crippen LogP contribution is -1.91. The third-order valence-corrected chi connectivity index (χ3v) is 2.22. The number of benzene rings is 1. The summed E-state index contributed by atoms with van der Waals surface area (Å²) in [5, 5.41) is 4.34. The Kier molecular flexibility index (Phi) is 1.89. The lowest BCUT2D eigenvalue weighted by Gasteiger charge is -2.06. The van der Waals surface area contributed by atoms with Crippen molar-refractivity contribution in [3.63, 3.8) is 0 Å². The molecule has 0 aliphatic carbocycles. The predicted molar refractivity (Wildman–Crippen MR) is 56.0 cm³/mol. The smallest absolute Gasteiger partial charge is 0.0706 e. The van der Waals surface area contributed by atoms with Crippen LogP contribution >= 0.6 is 0 Å². The summed E-state index contributed by atoms with van der Waals surface area (Å²) in [6.07, 6.45) is 1.82. The summed E-state index contributed by atoms with van der Waals surface area (Å²) in [7, 11) is 1.94. The molecule has 2 heteroatoms. The lowest BCUT2D eigenvalue weighted by atomic mass is 10.1. The SMILES string of the molecule is CNc1cc2cccnc2cc1C. The van der Waals surface area contributed by atoms with E-state index in [-0.39, 0.29) is 0 Å². The van der Waals surface area contributed by atoms with E-state index in [1.165, 1.54) is 16.6 Å². The highest BCUT2D eigenvalue weighted by molar-refractivity contribution is 5.83. The van der Waals surface area contributed by atoms with Crippen LogP contribution in [0.2, 0.25) is 0 Å². The minimum absolute atomic E-state index is 1.05. The molecule has 2 aromatic rings. The summed E-state index contributed by atoms with van der Waals surface area (Å²) in [5.41, 5.74) is 3.45. The highest BCUT2D eigenvalue weighted by Gasteiger charge is 1.98. The van der Waals surface area contributed by atoms with Gasteiger partial charge in [0.1, 0.15) is 0 Å². The Morgan fingerprint density at radius 1 is 1.31 bits per heavy atom. The van der Waals surface area contributed by atoms with Crippen molar-refractivity contribution in [1.29, 1.82) is 0 Å². The van der Waals surface area contributed by atoms with Gasteiger partial charge in [0.25, 0.3) is 0 Å². The number of fused-ring (bicyclic) bond motifs is 1. The maximum Gasteiger partial charge on any atom is 0.0706 e. The summed E-state index contributed by atoms with van der Waals surface area (Å²) in [5.74, 6) is 0. The number of anilines is 1. The first-order valence-corrected chi connectivity index (χ1v) is 4.34. The second kappa shape index (κ2) is 3.05. The topological polar surface area (TPSA) is 24.9 Å². The first-order chi connectivity index (χ1) is 6.31. The van der Waals surface area contributed by atoms with E-state index in [4.69, 9.17) is 0 Å². The van der Waals surface area contributed by atoms with E-state index >= 15 is 0 Å². The zero-order valence-corrected chi connectivity index (χ0v) is 7.83. The third kappa shape index (κ3) is 1.35. The van der Waals surface area contributed by atoms with Gasteiger partial charge < -0.3 is 5.32 Å². The van der Waals surface area contributed by atoms with Gasteiger partial charge in [-0.15, -0.1) is 0 Å². The Morgan fingerprint density at radius 3 is 2.92 bits per heavy atom. The molecule has 66 valence electrons. The van der Waals surface area contributed by atoms with Crippen molar-refractivity contribution >= 4 is 16.6 Å². The summed E-state index contributed by atoms with van der Waals surface area (Å²) in [4.78, 5) is 4.29. The van der Waals surface area contributed by atoms with Gasteiger partial charge in [-0.3, -0.25) is 4.98 Å². The standard InChI is InChI=1S/C11H12N2/c1-8-6-11-9(4-3-5-13-11)7-10(8)12-2/h3-7,12H,1-2H3. The van der Waals surface area contributed by atoms with E-state index in [1.807, 2.05) is 19.3 Å². The molecule has 2 nitrogen and oxygen atoms in total. The number of nitrogens with one attached hydrogen (secondary N) is 1. The van der Waals surface area contributed by atoms with Gasteiger partial charge in [0.15, 0.2) is 0 Å². The average molecular weight is 172 g/mol. The van der Waals surface area contributed by atoms with Gasteiger partial charge in [-0.2, -0.15) is 0 Å². The number of nitrogens with zero attached hydrogens (tertiary/aromatic N) is 1. The fourth-order valence-corrected chi connectivity index (χ4v) is 1.49. The molecule has 0 spiro atoms. The van der Waals surface area contributed by atoms with Crippen molar-refractivity contribution < 1.29 is 0 Å². The normalized spacial score (nSPS) is 10.3. The fourth-order valence-electron chi connectivity index (χ4n) is 1.49. The van der Waals surface area contributed by atoms with E-state index in [0.717, 1.165) is 5.52 Å². The van der Waals surface area contributed by atoms with Gasteiger partial charge in [0.2, 0.25) is 0 Å². The Bertz CT molecular complexity index is 435. The first-order valence-electron chi connectivity index (χ1n) is 4.34. The second-order valence-corrected chi connectivity index (χ2v) is 3.11. The Labute approximate surface area is 77.6 Å². The number of aryl methyl sites for hydroxylation is 1. The molecule has 1 N–H and O–H groups in total. The number of rotatable bonds is 1. The number of hydrogen-bond acceptors (Lipinski definition) is 2. The van der Waals surface area contributed by atoms with Crippen molar-refractivity contribution in [1.82, 2.24) is 4.98 Å². The average Bonchev–Trinajstić information content (AvgIpc) is 2.17. The van der Waals surface area contributed by atoms with Gasteiger partial charge in [0.05, 0.1) is 5.52 Å². The predicted octanol–water partition coefficient (Wildman–Crippen LogP) is 2.58. The van der Waals surface area contributed by atoms with Crippen LogP contribution in [-0.4, -0.2) is 12.0 Å². The van der Waals surface area contributed by atoms with Gasteiger partial charge in [-0.1, -0.05) is 6.07 Å². The van der Waals surface area contributed by atoms with Crippen molar-refractivity contribution in [3.8, 4) is 0 Å². The Morgan fingerprint density at radius 2 is 2.15 bits per heavy atom. The molecule has 0 bridgehead atoms. The van der Waals surface area contributed by atoms with Gasteiger partial charge in [-0.25, -0.2) is 0 Å². The molecule has 0 amide bonds. The Balaban J connectivity index is 2.74. The number of hydrogen-bond donors (Lipinski definition) is 1. The summed E-state index contributed by atoms with van der Waals surface area (Å²) < 4.78 is 0. The molecule has 1 aromatic carbocycles.